The van der Waals surface area contributed by atoms with Crippen LogP contribution in [0.25, 0.3) is 0 Å². The lowest BCUT2D eigenvalue weighted by Gasteiger charge is -2.12. The van der Waals surface area contributed by atoms with E-state index in [2.05, 4.69) is 20.6 Å². The first-order valence-electron chi connectivity index (χ1n) is 5.20. The molecular weight excluding hydrogens is 310 g/mol. The minimum Gasteiger partial charge on any atom is -0.465 e. The van der Waals surface area contributed by atoms with Crippen LogP contribution >= 0.6 is 23.2 Å². The Kier molecular flexibility index (Phi) is 4.21. The monoisotopic (exact) mass is 316 g/mol. The molecule has 2 rings (SSSR count). The number of rotatable bonds is 3. The second-order valence-electron chi connectivity index (χ2n) is 3.58. The van der Waals surface area contributed by atoms with Gasteiger partial charge in [-0.1, -0.05) is 11.6 Å². The molecule has 0 saturated carbocycles. The molecule has 0 atom stereocenters. The summed E-state index contributed by atoms with van der Waals surface area (Å²) in [6.07, 6.45) is -0.0435. The van der Waals surface area contributed by atoms with Crippen molar-refractivity contribution in [3.8, 4) is 0 Å². The number of hydrogen-bond acceptors (Lipinski definition) is 4. The van der Waals surface area contributed by atoms with Gasteiger partial charge in [0.2, 0.25) is 5.28 Å². The van der Waals surface area contributed by atoms with Crippen molar-refractivity contribution in [2.75, 3.05) is 10.6 Å². The zero-order valence-electron chi connectivity index (χ0n) is 9.69. The number of hydrogen-bond donors (Lipinski definition) is 3. The van der Waals surface area contributed by atoms with E-state index in [9.17, 15) is 9.18 Å². The Morgan fingerprint density at radius 1 is 1.30 bits per heavy atom. The van der Waals surface area contributed by atoms with Gasteiger partial charge < -0.3 is 10.4 Å². The summed E-state index contributed by atoms with van der Waals surface area (Å²) >= 11 is 11.5. The molecule has 104 valence electrons. The summed E-state index contributed by atoms with van der Waals surface area (Å²) in [5, 5.41) is 13.7. The van der Waals surface area contributed by atoms with Crippen LogP contribution in [0.1, 0.15) is 0 Å². The van der Waals surface area contributed by atoms with E-state index in [1.807, 2.05) is 0 Å². The first-order chi connectivity index (χ1) is 9.45. The third-order valence-electron chi connectivity index (χ3n) is 2.19. The summed E-state index contributed by atoms with van der Waals surface area (Å²) in [5.74, 6) is -0.419. The van der Waals surface area contributed by atoms with Gasteiger partial charge in [0.05, 0.1) is 17.6 Å². The maximum Gasteiger partial charge on any atom is 0.409 e. The fourth-order valence-corrected chi connectivity index (χ4v) is 1.68. The van der Waals surface area contributed by atoms with Gasteiger partial charge >= 0.3 is 6.09 Å². The van der Waals surface area contributed by atoms with Crippen molar-refractivity contribution in [2.45, 2.75) is 0 Å². The van der Waals surface area contributed by atoms with Gasteiger partial charge in [-0.3, -0.25) is 5.32 Å². The highest BCUT2D eigenvalue weighted by atomic mass is 35.5. The molecule has 0 radical (unpaired) electrons. The second kappa shape index (κ2) is 5.89. The zero-order chi connectivity index (χ0) is 14.7. The highest BCUT2D eigenvalue weighted by molar-refractivity contribution is 6.33. The fourth-order valence-electron chi connectivity index (χ4n) is 1.40. The van der Waals surface area contributed by atoms with E-state index in [1.54, 1.807) is 0 Å². The number of amides is 1. The summed E-state index contributed by atoms with van der Waals surface area (Å²) in [6.45, 7) is 0. The lowest BCUT2D eigenvalue weighted by Crippen LogP contribution is -2.10. The summed E-state index contributed by atoms with van der Waals surface area (Å²) in [5.41, 5.74) is 0.286. The Morgan fingerprint density at radius 2 is 2.05 bits per heavy atom. The average Bonchev–Trinajstić information content (AvgIpc) is 2.36. The Morgan fingerprint density at radius 3 is 2.75 bits per heavy atom. The molecule has 0 fully saturated rings. The van der Waals surface area contributed by atoms with Crippen LogP contribution in [-0.4, -0.2) is 21.2 Å². The van der Waals surface area contributed by atoms with Gasteiger partial charge in [0.25, 0.3) is 0 Å². The highest BCUT2D eigenvalue weighted by Gasteiger charge is 2.10. The molecule has 1 amide bonds. The van der Waals surface area contributed by atoms with Gasteiger partial charge in [-0.25, -0.2) is 14.2 Å². The number of carboxylic acid groups (broad SMARTS) is 1. The molecule has 6 nitrogen and oxygen atoms in total. The predicted octanol–water partition coefficient (Wildman–Crippen LogP) is 3.76. The van der Waals surface area contributed by atoms with Gasteiger partial charge in [-0.2, -0.15) is 4.98 Å². The lowest BCUT2D eigenvalue weighted by atomic mass is 10.2. The minimum absolute atomic E-state index is 0.0169. The maximum absolute atomic E-state index is 13.1. The van der Waals surface area contributed by atoms with E-state index in [0.29, 0.717) is 0 Å². The smallest absolute Gasteiger partial charge is 0.409 e. The number of carbonyl (C=O) groups is 1. The Balaban J connectivity index is 2.37. The third-order valence-corrected chi connectivity index (χ3v) is 2.65. The lowest BCUT2D eigenvalue weighted by molar-refractivity contribution is 0.210. The number of anilines is 3. The van der Waals surface area contributed by atoms with Crippen molar-refractivity contribution in [2.24, 2.45) is 0 Å². The molecule has 0 aliphatic carbocycles. The summed E-state index contributed by atoms with van der Waals surface area (Å²) in [7, 11) is 0. The molecule has 2 aromatic rings. The number of nitrogens with one attached hydrogen (secondary N) is 2. The van der Waals surface area contributed by atoms with Crippen LogP contribution in [0.3, 0.4) is 0 Å². The number of halogens is 3. The van der Waals surface area contributed by atoms with Crippen LogP contribution in [-0.2, 0) is 0 Å². The van der Waals surface area contributed by atoms with Crippen LogP contribution in [0, 0.1) is 5.82 Å². The average molecular weight is 317 g/mol. The molecule has 1 aromatic heterocycles. The Labute approximate surface area is 122 Å². The minimum atomic E-state index is -1.33. The molecule has 1 aromatic carbocycles. The third kappa shape index (κ3) is 3.46. The van der Waals surface area contributed by atoms with Crippen LogP contribution in [0.5, 0.6) is 0 Å². The molecule has 20 heavy (non-hydrogen) atoms. The Hall–Kier alpha value is -2.12. The molecule has 3 N–H and O–H groups in total. The molecule has 0 unspecified atom stereocenters. The number of nitrogens with zero attached hydrogens (tertiary/aromatic N) is 2. The predicted molar refractivity (Wildman–Crippen MR) is 73.4 cm³/mol. The van der Waals surface area contributed by atoms with Crippen LogP contribution in [0.15, 0.2) is 24.4 Å². The van der Waals surface area contributed by atoms with Crippen molar-refractivity contribution in [3.63, 3.8) is 0 Å². The van der Waals surface area contributed by atoms with Gasteiger partial charge in [-0.15, -0.1) is 0 Å². The molecular formula is C11H7Cl2FN4O2. The summed E-state index contributed by atoms with van der Waals surface area (Å²) in [6, 6.07) is 3.52. The van der Waals surface area contributed by atoms with Crippen LogP contribution < -0.4 is 10.6 Å². The molecule has 0 bridgehead atoms. The van der Waals surface area contributed by atoms with Gasteiger partial charge in [-0.05, 0) is 29.8 Å². The molecule has 0 saturated heterocycles. The van der Waals surface area contributed by atoms with Crippen molar-refractivity contribution in [3.05, 3.63) is 40.5 Å². The SMILES string of the molecule is O=C(O)Nc1cc(F)ccc1Nc1nc(Cl)ncc1Cl. The summed E-state index contributed by atoms with van der Waals surface area (Å²) in [4.78, 5) is 18.2. The Bertz CT molecular complexity index is 669. The molecule has 0 aliphatic rings. The number of benzene rings is 1. The van der Waals surface area contributed by atoms with Gasteiger partial charge in [0.15, 0.2) is 5.82 Å². The largest absolute Gasteiger partial charge is 0.465 e. The van der Waals surface area contributed by atoms with E-state index in [4.69, 9.17) is 28.3 Å². The van der Waals surface area contributed by atoms with E-state index < -0.39 is 11.9 Å². The molecule has 0 spiro atoms. The molecule has 0 aliphatic heterocycles. The van der Waals surface area contributed by atoms with Crippen molar-refractivity contribution in [1.82, 2.24) is 9.97 Å². The van der Waals surface area contributed by atoms with Gasteiger partial charge in [0, 0.05) is 0 Å². The van der Waals surface area contributed by atoms with Crippen molar-refractivity contribution in [1.29, 1.82) is 0 Å². The summed E-state index contributed by atoms with van der Waals surface area (Å²) < 4.78 is 13.1. The first kappa shape index (κ1) is 14.3. The zero-order valence-corrected chi connectivity index (χ0v) is 11.2. The molecule has 9 heteroatoms. The van der Waals surface area contributed by atoms with Crippen molar-refractivity contribution < 1.29 is 14.3 Å². The van der Waals surface area contributed by atoms with Crippen LogP contribution in [0.4, 0.5) is 26.4 Å². The topological polar surface area (TPSA) is 87.1 Å². The highest BCUT2D eigenvalue weighted by Crippen LogP contribution is 2.29. The standard InChI is InChI=1S/C11H7Cl2FN4O2/c12-6-4-15-10(13)18-9(6)16-7-2-1-5(14)3-8(7)17-11(19)20/h1-4,17H,(H,19,20)(H,15,16,18). The second-order valence-corrected chi connectivity index (χ2v) is 4.33. The van der Waals surface area contributed by atoms with Crippen molar-refractivity contribution >= 4 is 46.5 Å². The fraction of sp³-hybridized carbons (Fsp3) is 0. The number of aromatic nitrogens is 2. The van der Waals surface area contributed by atoms with E-state index >= 15 is 0 Å². The molecule has 1 heterocycles. The normalized spacial score (nSPS) is 10.2. The van der Waals surface area contributed by atoms with E-state index in [0.717, 1.165) is 12.1 Å². The van der Waals surface area contributed by atoms with Gasteiger partial charge in [0.1, 0.15) is 10.8 Å². The van der Waals surface area contributed by atoms with E-state index in [-0.39, 0.29) is 27.5 Å². The van der Waals surface area contributed by atoms with E-state index in [1.165, 1.54) is 12.3 Å². The maximum atomic E-state index is 13.1. The van der Waals surface area contributed by atoms with Crippen LogP contribution in [0.2, 0.25) is 10.3 Å². The quantitative estimate of drug-likeness (QED) is 0.750. The first-order valence-corrected chi connectivity index (χ1v) is 5.96.